The van der Waals surface area contributed by atoms with Crippen molar-refractivity contribution < 1.29 is 19.8 Å². The van der Waals surface area contributed by atoms with Gasteiger partial charge in [0.15, 0.2) is 0 Å². The second-order valence-corrected chi connectivity index (χ2v) is 2.81. The van der Waals surface area contributed by atoms with Crippen LogP contribution in [-0.4, -0.2) is 48.2 Å². The van der Waals surface area contributed by atoms with Crippen molar-refractivity contribution in [3.05, 3.63) is 11.6 Å². The Morgan fingerprint density at radius 2 is 1.46 bits per heavy atom. The summed E-state index contributed by atoms with van der Waals surface area (Å²) in [6.07, 6.45) is 0.641. The highest BCUT2D eigenvalue weighted by Gasteiger charge is 2.00. The minimum atomic E-state index is -1.24. The van der Waals surface area contributed by atoms with E-state index in [9.17, 15) is 9.59 Å². The third kappa shape index (κ3) is 18.0. The zero-order valence-electron chi connectivity index (χ0n) is 8.24. The van der Waals surface area contributed by atoms with Gasteiger partial charge in [0.1, 0.15) is 0 Å². The molecule has 5 heteroatoms. The number of carbonyl (C=O) groups is 2. The average Bonchev–Trinajstić information content (AvgIpc) is 1.83. The number of hydrogen-bond donors (Lipinski definition) is 2. The van der Waals surface area contributed by atoms with Gasteiger partial charge in [-0.3, -0.25) is 0 Å². The van der Waals surface area contributed by atoms with Crippen LogP contribution in [-0.2, 0) is 9.59 Å². The Hall–Kier alpha value is -1.36. The molecule has 0 radical (unpaired) electrons. The molecule has 0 aliphatic carbocycles. The van der Waals surface area contributed by atoms with E-state index in [0.29, 0.717) is 6.08 Å². The van der Waals surface area contributed by atoms with E-state index >= 15 is 0 Å². The molecule has 0 heterocycles. The van der Waals surface area contributed by atoms with Crippen molar-refractivity contribution in [2.75, 3.05) is 21.1 Å². The van der Waals surface area contributed by atoms with Crippen molar-refractivity contribution in [1.82, 2.24) is 4.90 Å². The van der Waals surface area contributed by atoms with Gasteiger partial charge in [-0.25, -0.2) is 9.59 Å². The minimum absolute atomic E-state index is 0.178. The molecule has 0 aromatic heterocycles. The van der Waals surface area contributed by atoms with Crippen LogP contribution in [0.4, 0.5) is 0 Å². The fourth-order valence-electron chi connectivity index (χ4n) is 0.247. The fraction of sp³-hybridized carbons (Fsp3) is 0.500. The van der Waals surface area contributed by atoms with Crippen molar-refractivity contribution in [1.29, 1.82) is 0 Å². The lowest BCUT2D eigenvalue weighted by Gasteiger charge is -1.90. The number of carboxylic acid groups (broad SMARTS) is 2. The van der Waals surface area contributed by atoms with Crippen LogP contribution in [0.25, 0.3) is 0 Å². The molecule has 0 amide bonds. The quantitative estimate of drug-likeness (QED) is 0.610. The third-order valence-electron chi connectivity index (χ3n) is 0.677. The molecule has 0 spiro atoms. The molecule has 0 fully saturated rings. The molecule has 0 aliphatic rings. The summed E-state index contributed by atoms with van der Waals surface area (Å²) in [5.74, 6) is -2.45. The third-order valence-corrected chi connectivity index (χ3v) is 0.677. The van der Waals surface area contributed by atoms with Crippen LogP contribution in [0.2, 0.25) is 0 Å². The maximum absolute atomic E-state index is 9.90. The van der Waals surface area contributed by atoms with Crippen molar-refractivity contribution >= 4 is 11.9 Å². The predicted octanol–water partition coefficient (Wildman–Crippen LogP) is 0.280. The Labute approximate surface area is 77.3 Å². The summed E-state index contributed by atoms with van der Waals surface area (Å²) in [4.78, 5) is 21.7. The Morgan fingerprint density at radius 1 is 1.15 bits per heavy atom. The highest BCUT2D eigenvalue weighted by Crippen LogP contribution is 1.89. The van der Waals surface area contributed by atoms with Gasteiger partial charge < -0.3 is 15.1 Å². The molecule has 13 heavy (non-hydrogen) atoms. The summed E-state index contributed by atoms with van der Waals surface area (Å²) < 4.78 is 0. The van der Waals surface area contributed by atoms with Crippen molar-refractivity contribution in [2.24, 2.45) is 0 Å². The number of aliphatic carboxylic acids is 2. The molecular formula is C8H15NO4. The van der Waals surface area contributed by atoms with Gasteiger partial charge in [0, 0.05) is 11.6 Å². The lowest BCUT2D eigenvalue weighted by atomic mass is 10.3. The first-order chi connectivity index (χ1) is 5.77. The maximum atomic E-state index is 9.90. The van der Waals surface area contributed by atoms with E-state index in [2.05, 4.69) is 0 Å². The molecule has 0 aromatic rings. The lowest BCUT2D eigenvalue weighted by molar-refractivity contribution is -0.135. The molecule has 0 rings (SSSR count). The average molecular weight is 189 g/mol. The first-order valence-corrected chi connectivity index (χ1v) is 3.52. The maximum Gasteiger partial charge on any atom is 0.331 e. The summed E-state index contributed by atoms with van der Waals surface area (Å²) >= 11 is 0. The Bertz CT molecular complexity index is 205. The van der Waals surface area contributed by atoms with E-state index in [0.717, 1.165) is 0 Å². The molecular weight excluding hydrogens is 174 g/mol. The second kappa shape index (κ2) is 7.30. The molecule has 0 atom stereocenters. The van der Waals surface area contributed by atoms with Crippen molar-refractivity contribution in [3.63, 3.8) is 0 Å². The standard InChI is InChI=1S/C5H6O4.C3H9N/c1-3(5(8)9)2-4(6)7;1-4(2)3/h2H,1H3,(H,6,7)(H,8,9);1-3H3. The molecule has 0 unspecified atom stereocenters. The van der Waals surface area contributed by atoms with Crippen LogP contribution < -0.4 is 0 Å². The molecule has 0 aliphatic heterocycles. The van der Waals surface area contributed by atoms with Crippen molar-refractivity contribution in [3.8, 4) is 0 Å². The van der Waals surface area contributed by atoms with Crippen LogP contribution in [0.1, 0.15) is 6.92 Å². The normalized spacial score (nSPS) is 10.4. The van der Waals surface area contributed by atoms with E-state index in [-0.39, 0.29) is 5.57 Å². The molecule has 0 bridgehead atoms. The van der Waals surface area contributed by atoms with E-state index in [1.165, 1.54) is 6.92 Å². The highest BCUT2D eigenvalue weighted by molar-refractivity contribution is 5.93. The van der Waals surface area contributed by atoms with Gasteiger partial charge in [0.05, 0.1) is 0 Å². The van der Waals surface area contributed by atoms with Crippen LogP contribution in [0.5, 0.6) is 0 Å². The van der Waals surface area contributed by atoms with Gasteiger partial charge in [-0.1, -0.05) is 0 Å². The Balaban J connectivity index is 0. The van der Waals surface area contributed by atoms with E-state index in [1.54, 1.807) is 0 Å². The van der Waals surface area contributed by atoms with Gasteiger partial charge >= 0.3 is 11.9 Å². The second-order valence-electron chi connectivity index (χ2n) is 2.81. The van der Waals surface area contributed by atoms with E-state index in [1.807, 2.05) is 26.0 Å². The highest BCUT2D eigenvalue weighted by atomic mass is 16.4. The lowest BCUT2D eigenvalue weighted by Crippen LogP contribution is -1.99. The smallest absolute Gasteiger partial charge is 0.331 e. The van der Waals surface area contributed by atoms with Gasteiger partial charge in [-0.15, -0.1) is 0 Å². The van der Waals surface area contributed by atoms with Gasteiger partial charge in [0.2, 0.25) is 0 Å². The van der Waals surface area contributed by atoms with Crippen LogP contribution in [0.15, 0.2) is 11.6 Å². The molecule has 5 nitrogen and oxygen atoms in total. The van der Waals surface area contributed by atoms with E-state index < -0.39 is 11.9 Å². The van der Waals surface area contributed by atoms with E-state index in [4.69, 9.17) is 10.2 Å². The molecule has 0 saturated heterocycles. The number of nitrogens with zero attached hydrogens (tertiary/aromatic N) is 1. The minimum Gasteiger partial charge on any atom is -0.478 e. The number of rotatable bonds is 2. The number of hydrogen-bond acceptors (Lipinski definition) is 3. The molecule has 0 aromatic carbocycles. The van der Waals surface area contributed by atoms with Crippen LogP contribution >= 0.6 is 0 Å². The summed E-state index contributed by atoms with van der Waals surface area (Å²) in [5.41, 5.74) is -0.178. The largest absolute Gasteiger partial charge is 0.478 e. The first kappa shape index (κ1) is 14.2. The number of carboxylic acids is 2. The van der Waals surface area contributed by atoms with Crippen LogP contribution in [0, 0.1) is 0 Å². The molecule has 76 valence electrons. The summed E-state index contributed by atoms with van der Waals surface area (Å²) in [6.45, 7) is 1.22. The van der Waals surface area contributed by atoms with Gasteiger partial charge in [0.25, 0.3) is 0 Å². The Kier molecular flexibility index (Phi) is 7.96. The summed E-state index contributed by atoms with van der Waals surface area (Å²) in [6, 6.07) is 0. The first-order valence-electron chi connectivity index (χ1n) is 3.52. The van der Waals surface area contributed by atoms with Gasteiger partial charge in [-0.2, -0.15) is 0 Å². The predicted molar refractivity (Wildman–Crippen MR) is 48.6 cm³/mol. The zero-order chi connectivity index (χ0) is 11.0. The summed E-state index contributed by atoms with van der Waals surface area (Å²) in [7, 11) is 6.00. The SMILES string of the molecule is CC(=CC(=O)O)C(=O)O.CN(C)C. The zero-order valence-corrected chi connectivity index (χ0v) is 8.24. The van der Waals surface area contributed by atoms with Crippen LogP contribution in [0.3, 0.4) is 0 Å². The summed E-state index contributed by atoms with van der Waals surface area (Å²) in [5, 5.41) is 16.1. The Morgan fingerprint density at radius 3 is 1.54 bits per heavy atom. The fourth-order valence-corrected chi connectivity index (χ4v) is 0.247. The monoisotopic (exact) mass is 189 g/mol. The molecule has 0 saturated carbocycles. The molecule has 2 N–H and O–H groups in total. The van der Waals surface area contributed by atoms with Crippen molar-refractivity contribution in [2.45, 2.75) is 6.92 Å². The topological polar surface area (TPSA) is 77.8 Å². The van der Waals surface area contributed by atoms with Gasteiger partial charge in [-0.05, 0) is 28.1 Å².